The van der Waals surface area contributed by atoms with Crippen molar-refractivity contribution in [2.45, 2.75) is 13.5 Å². The van der Waals surface area contributed by atoms with Crippen LogP contribution >= 0.6 is 0 Å². The fourth-order valence-corrected chi connectivity index (χ4v) is 2.62. The Kier molecular flexibility index (Phi) is 2.94. The van der Waals surface area contributed by atoms with Crippen LogP contribution in [-0.2, 0) is 13.6 Å². The van der Waals surface area contributed by atoms with Crippen molar-refractivity contribution in [3.63, 3.8) is 0 Å². The van der Waals surface area contributed by atoms with E-state index in [4.69, 9.17) is 0 Å². The molecular formula is C16H14N6O. The number of hydrogen-bond acceptors (Lipinski definition) is 5. The maximum Gasteiger partial charge on any atom is 0.264 e. The van der Waals surface area contributed by atoms with Crippen molar-refractivity contribution in [3.05, 3.63) is 58.5 Å². The Morgan fingerprint density at radius 3 is 2.65 bits per heavy atom. The molecular weight excluding hydrogens is 292 g/mol. The topological polar surface area (TPSA) is 78.5 Å². The first-order chi connectivity index (χ1) is 11.1. The van der Waals surface area contributed by atoms with Crippen LogP contribution in [0.3, 0.4) is 0 Å². The van der Waals surface area contributed by atoms with Crippen LogP contribution in [0.15, 0.2) is 41.6 Å². The summed E-state index contributed by atoms with van der Waals surface area (Å²) in [6.45, 7) is 2.23. The lowest BCUT2D eigenvalue weighted by molar-refractivity contribution is 0.717. The molecule has 4 rings (SSSR count). The number of rotatable bonds is 2. The summed E-state index contributed by atoms with van der Waals surface area (Å²) in [5, 5.41) is 4.58. The van der Waals surface area contributed by atoms with Gasteiger partial charge in [0.1, 0.15) is 11.7 Å². The van der Waals surface area contributed by atoms with Crippen molar-refractivity contribution < 1.29 is 0 Å². The number of hydrogen-bond donors (Lipinski definition) is 0. The summed E-state index contributed by atoms with van der Waals surface area (Å²) >= 11 is 0. The quantitative estimate of drug-likeness (QED) is 0.560. The number of nitrogens with zero attached hydrogens (tertiary/aromatic N) is 6. The normalized spacial score (nSPS) is 11.4. The zero-order chi connectivity index (χ0) is 16.0. The predicted octanol–water partition coefficient (Wildman–Crippen LogP) is 1.43. The van der Waals surface area contributed by atoms with E-state index in [-0.39, 0.29) is 5.56 Å². The first kappa shape index (κ1) is 13.6. The van der Waals surface area contributed by atoms with Crippen LogP contribution < -0.4 is 5.56 Å². The largest absolute Gasteiger partial charge is 0.292 e. The molecule has 7 nitrogen and oxygen atoms in total. The van der Waals surface area contributed by atoms with Crippen LogP contribution in [0.25, 0.3) is 22.1 Å². The summed E-state index contributed by atoms with van der Waals surface area (Å²) in [6.07, 6.45) is 3.07. The highest BCUT2D eigenvalue weighted by Crippen LogP contribution is 2.13. The number of benzene rings is 1. The standard InChI is InChI=1S/C16H14N6O/c1-10-14(20-13-6-4-3-5-12(13)19-10)8-22-9-17-15-11(16(22)23)7-18-21(15)2/h3-7,9H,8H2,1-2H3. The Morgan fingerprint density at radius 2 is 1.87 bits per heavy atom. The monoisotopic (exact) mass is 306 g/mol. The second-order valence-electron chi connectivity index (χ2n) is 5.43. The fourth-order valence-electron chi connectivity index (χ4n) is 2.62. The molecule has 0 atom stereocenters. The summed E-state index contributed by atoms with van der Waals surface area (Å²) in [5.74, 6) is 0. The Balaban J connectivity index is 1.83. The lowest BCUT2D eigenvalue weighted by atomic mass is 10.2. The van der Waals surface area contributed by atoms with Crippen LogP contribution in [0.5, 0.6) is 0 Å². The average Bonchev–Trinajstić information content (AvgIpc) is 2.92. The van der Waals surface area contributed by atoms with Crippen molar-refractivity contribution in [1.82, 2.24) is 29.3 Å². The summed E-state index contributed by atoms with van der Waals surface area (Å²) in [4.78, 5) is 26.0. The smallest absolute Gasteiger partial charge is 0.264 e. The highest BCUT2D eigenvalue weighted by molar-refractivity contribution is 5.74. The number of aryl methyl sites for hydroxylation is 2. The summed E-state index contributed by atoms with van der Waals surface area (Å²) < 4.78 is 3.12. The third-order valence-electron chi connectivity index (χ3n) is 3.88. The van der Waals surface area contributed by atoms with Crippen molar-refractivity contribution >= 4 is 22.1 Å². The molecule has 23 heavy (non-hydrogen) atoms. The number of aromatic nitrogens is 6. The zero-order valence-electron chi connectivity index (χ0n) is 12.8. The number of fused-ring (bicyclic) bond motifs is 2. The van der Waals surface area contributed by atoms with E-state index in [0.717, 1.165) is 22.4 Å². The van der Waals surface area contributed by atoms with Gasteiger partial charge in [0.15, 0.2) is 5.65 Å². The van der Waals surface area contributed by atoms with E-state index >= 15 is 0 Å². The van der Waals surface area contributed by atoms with Crippen LogP contribution in [0.1, 0.15) is 11.4 Å². The third kappa shape index (κ3) is 2.17. The van der Waals surface area contributed by atoms with E-state index in [1.54, 1.807) is 17.9 Å². The molecule has 0 N–H and O–H groups in total. The van der Waals surface area contributed by atoms with Gasteiger partial charge in [-0.05, 0) is 19.1 Å². The summed E-state index contributed by atoms with van der Waals surface area (Å²) in [5.41, 5.74) is 3.68. The van der Waals surface area contributed by atoms with Gasteiger partial charge in [0.25, 0.3) is 5.56 Å². The van der Waals surface area contributed by atoms with E-state index in [1.807, 2.05) is 31.2 Å². The Morgan fingerprint density at radius 1 is 1.13 bits per heavy atom. The van der Waals surface area contributed by atoms with E-state index < -0.39 is 0 Å². The zero-order valence-corrected chi connectivity index (χ0v) is 12.8. The highest BCUT2D eigenvalue weighted by atomic mass is 16.1. The molecule has 4 aromatic rings. The Hall–Kier alpha value is -3.09. The van der Waals surface area contributed by atoms with E-state index in [2.05, 4.69) is 20.1 Å². The summed E-state index contributed by atoms with van der Waals surface area (Å²) in [6, 6.07) is 7.69. The molecule has 0 amide bonds. The van der Waals surface area contributed by atoms with Crippen molar-refractivity contribution in [1.29, 1.82) is 0 Å². The van der Waals surface area contributed by atoms with E-state index in [1.165, 1.54) is 10.9 Å². The summed E-state index contributed by atoms with van der Waals surface area (Å²) in [7, 11) is 1.76. The van der Waals surface area contributed by atoms with Crippen molar-refractivity contribution in [2.24, 2.45) is 7.05 Å². The maximum atomic E-state index is 12.5. The molecule has 1 aromatic carbocycles. The van der Waals surface area contributed by atoms with Gasteiger partial charge in [0, 0.05) is 7.05 Å². The van der Waals surface area contributed by atoms with E-state index in [9.17, 15) is 4.79 Å². The van der Waals surface area contributed by atoms with Crippen molar-refractivity contribution in [2.75, 3.05) is 0 Å². The molecule has 0 unspecified atom stereocenters. The lowest BCUT2D eigenvalue weighted by Gasteiger charge is -2.08. The van der Waals surface area contributed by atoms with Crippen LogP contribution in [0.2, 0.25) is 0 Å². The van der Waals surface area contributed by atoms with Gasteiger partial charge < -0.3 is 0 Å². The van der Waals surface area contributed by atoms with Gasteiger partial charge in [-0.2, -0.15) is 5.10 Å². The molecule has 0 bridgehead atoms. The van der Waals surface area contributed by atoms with E-state index in [0.29, 0.717) is 17.6 Å². The lowest BCUT2D eigenvalue weighted by Crippen LogP contribution is -2.22. The molecule has 0 aliphatic carbocycles. The van der Waals surface area contributed by atoms with Crippen LogP contribution in [0.4, 0.5) is 0 Å². The SMILES string of the molecule is Cc1nc2ccccc2nc1Cn1cnc2c(cnn2C)c1=O. The van der Waals surface area contributed by atoms with Gasteiger partial charge in [-0.1, -0.05) is 12.1 Å². The molecule has 3 heterocycles. The Bertz CT molecular complexity index is 1090. The van der Waals surface area contributed by atoms with Gasteiger partial charge >= 0.3 is 0 Å². The van der Waals surface area contributed by atoms with Gasteiger partial charge in [-0.3, -0.25) is 14.0 Å². The highest BCUT2D eigenvalue weighted by Gasteiger charge is 2.11. The maximum absolute atomic E-state index is 12.5. The predicted molar refractivity (Wildman–Crippen MR) is 86.1 cm³/mol. The fraction of sp³-hybridized carbons (Fsp3) is 0.188. The molecule has 0 aliphatic heterocycles. The molecule has 0 radical (unpaired) electrons. The number of para-hydroxylation sites is 2. The Labute approximate surface area is 131 Å². The average molecular weight is 306 g/mol. The molecule has 0 aliphatic rings. The molecule has 0 saturated heterocycles. The molecule has 0 spiro atoms. The molecule has 114 valence electrons. The molecule has 0 fully saturated rings. The minimum absolute atomic E-state index is 0.127. The van der Waals surface area contributed by atoms with Crippen LogP contribution in [-0.4, -0.2) is 29.3 Å². The first-order valence-electron chi connectivity index (χ1n) is 7.23. The second-order valence-corrected chi connectivity index (χ2v) is 5.43. The first-order valence-corrected chi connectivity index (χ1v) is 7.23. The molecule has 3 aromatic heterocycles. The minimum atomic E-state index is -0.127. The van der Waals surface area contributed by atoms with Gasteiger partial charge in [-0.15, -0.1) is 0 Å². The third-order valence-corrected chi connectivity index (χ3v) is 3.88. The van der Waals surface area contributed by atoms with Gasteiger partial charge in [0.05, 0.1) is 35.2 Å². The second kappa shape index (κ2) is 4.98. The molecule has 0 saturated carbocycles. The van der Waals surface area contributed by atoms with Crippen molar-refractivity contribution in [3.8, 4) is 0 Å². The molecule has 7 heteroatoms. The van der Waals surface area contributed by atoms with Gasteiger partial charge in [-0.25, -0.2) is 15.0 Å². The van der Waals surface area contributed by atoms with Crippen LogP contribution in [0, 0.1) is 6.92 Å². The minimum Gasteiger partial charge on any atom is -0.292 e. The van der Waals surface area contributed by atoms with Gasteiger partial charge in [0.2, 0.25) is 0 Å².